The van der Waals surface area contributed by atoms with Crippen LogP contribution in [0.2, 0.25) is 0 Å². The van der Waals surface area contributed by atoms with Crippen LogP contribution in [0.5, 0.6) is 5.75 Å². The van der Waals surface area contributed by atoms with Gasteiger partial charge in [-0.15, -0.1) is 0 Å². The molecule has 1 rings (SSSR count). The molecule has 0 aliphatic heterocycles. The Kier molecular flexibility index (Phi) is 6.99. The molecule has 0 heterocycles. The van der Waals surface area contributed by atoms with Crippen LogP contribution in [0.1, 0.15) is 31.9 Å². The van der Waals surface area contributed by atoms with Gasteiger partial charge in [0.1, 0.15) is 5.75 Å². The fourth-order valence-electron chi connectivity index (χ4n) is 1.93. The molecule has 0 amide bonds. The number of benzene rings is 1. The largest absolute Gasteiger partial charge is 0.496 e. The summed E-state index contributed by atoms with van der Waals surface area (Å²) in [6.07, 6.45) is 0.822. The summed E-state index contributed by atoms with van der Waals surface area (Å²) >= 11 is 0. The van der Waals surface area contributed by atoms with Crippen molar-refractivity contribution >= 4 is 0 Å². The highest BCUT2D eigenvalue weighted by atomic mass is 16.5. The van der Waals surface area contributed by atoms with Gasteiger partial charge in [0, 0.05) is 19.2 Å². The van der Waals surface area contributed by atoms with Crippen LogP contribution in [0.3, 0.4) is 0 Å². The minimum Gasteiger partial charge on any atom is -0.496 e. The van der Waals surface area contributed by atoms with Crippen molar-refractivity contribution in [3.8, 4) is 5.75 Å². The number of hydrogen-bond donors (Lipinski definition) is 1. The minimum absolute atomic E-state index is 0.0243. The Morgan fingerprint density at radius 1 is 1.20 bits per heavy atom. The molecule has 0 radical (unpaired) electrons. The summed E-state index contributed by atoms with van der Waals surface area (Å²) in [5.41, 5.74) is 0.907. The first kappa shape index (κ1) is 17.0. The molecule has 1 aromatic rings. The zero-order valence-electron chi connectivity index (χ0n) is 13.2. The lowest BCUT2D eigenvalue weighted by Crippen LogP contribution is -2.27. The molecule has 0 saturated heterocycles. The average Bonchev–Trinajstić information content (AvgIpc) is 2.46. The third-order valence-corrected chi connectivity index (χ3v) is 3.45. The van der Waals surface area contributed by atoms with E-state index in [2.05, 4.69) is 19.2 Å². The molecule has 4 heteroatoms. The molecular weight excluding hydrogens is 254 g/mol. The van der Waals surface area contributed by atoms with Crippen molar-refractivity contribution in [2.24, 2.45) is 0 Å². The van der Waals surface area contributed by atoms with Crippen LogP contribution < -0.4 is 10.1 Å². The summed E-state index contributed by atoms with van der Waals surface area (Å²) in [5, 5.41) is 3.17. The van der Waals surface area contributed by atoms with Gasteiger partial charge in [-0.2, -0.15) is 0 Å². The number of methoxy groups -OCH3 is 2. The highest BCUT2D eigenvalue weighted by Crippen LogP contribution is 2.27. The number of rotatable bonds is 9. The molecule has 1 atom stereocenters. The molecule has 1 N–H and O–H groups in total. The van der Waals surface area contributed by atoms with E-state index in [9.17, 15) is 0 Å². The van der Waals surface area contributed by atoms with Gasteiger partial charge < -0.3 is 19.5 Å². The molecule has 4 nitrogen and oxygen atoms in total. The topological polar surface area (TPSA) is 39.7 Å². The third-order valence-electron chi connectivity index (χ3n) is 3.45. The molecule has 1 aromatic carbocycles. The Morgan fingerprint density at radius 2 is 1.90 bits per heavy atom. The van der Waals surface area contributed by atoms with Gasteiger partial charge in [0.05, 0.1) is 25.4 Å². The van der Waals surface area contributed by atoms with Crippen molar-refractivity contribution in [3.63, 3.8) is 0 Å². The zero-order valence-corrected chi connectivity index (χ0v) is 13.2. The molecule has 0 saturated carbocycles. The van der Waals surface area contributed by atoms with E-state index in [1.807, 2.05) is 31.3 Å². The predicted molar refractivity (Wildman–Crippen MR) is 81.3 cm³/mol. The summed E-state index contributed by atoms with van der Waals surface area (Å²) in [7, 11) is 5.33. The Hall–Kier alpha value is -1.10. The molecule has 0 spiro atoms. The van der Waals surface area contributed by atoms with Crippen molar-refractivity contribution in [3.05, 3.63) is 29.8 Å². The van der Waals surface area contributed by atoms with Gasteiger partial charge in [-0.05, 0) is 33.4 Å². The SMILES string of the molecule is CNCC(OCCC(C)(C)OC)c1ccccc1OC. The lowest BCUT2D eigenvalue weighted by molar-refractivity contribution is -0.0272. The molecule has 0 aliphatic rings. The monoisotopic (exact) mass is 281 g/mol. The molecule has 1 unspecified atom stereocenters. The van der Waals surface area contributed by atoms with E-state index in [0.717, 1.165) is 24.3 Å². The molecule has 0 aromatic heterocycles. The lowest BCUT2D eigenvalue weighted by atomic mass is 10.1. The Bertz CT molecular complexity index is 393. The molecule has 114 valence electrons. The normalized spacial score (nSPS) is 13.2. The van der Waals surface area contributed by atoms with Crippen molar-refractivity contribution in [1.29, 1.82) is 0 Å². The number of nitrogens with one attached hydrogen (secondary N) is 1. The van der Waals surface area contributed by atoms with Gasteiger partial charge in [0.2, 0.25) is 0 Å². The maximum Gasteiger partial charge on any atom is 0.124 e. The molecular formula is C16H27NO3. The highest BCUT2D eigenvalue weighted by molar-refractivity contribution is 5.35. The second kappa shape index (κ2) is 8.25. The zero-order chi connectivity index (χ0) is 15.0. The average molecular weight is 281 g/mol. The first-order chi connectivity index (χ1) is 9.54. The van der Waals surface area contributed by atoms with Gasteiger partial charge in [-0.25, -0.2) is 0 Å². The lowest BCUT2D eigenvalue weighted by Gasteiger charge is -2.25. The summed E-state index contributed by atoms with van der Waals surface area (Å²) in [6.45, 7) is 5.51. The quantitative estimate of drug-likeness (QED) is 0.755. The Balaban J connectivity index is 2.69. The first-order valence-corrected chi connectivity index (χ1v) is 6.98. The molecule has 0 aliphatic carbocycles. The van der Waals surface area contributed by atoms with Crippen LogP contribution in [-0.2, 0) is 9.47 Å². The van der Waals surface area contributed by atoms with Gasteiger partial charge in [0.15, 0.2) is 0 Å². The third kappa shape index (κ3) is 5.12. The summed E-state index contributed by atoms with van der Waals surface area (Å²) in [4.78, 5) is 0. The van der Waals surface area contributed by atoms with Gasteiger partial charge in [-0.1, -0.05) is 18.2 Å². The van der Waals surface area contributed by atoms with Crippen molar-refractivity contribution in [2.75, 3.05) is 34.4 Å². The van der Waals surface area contributed by atoms with E-state index >= 15 is 0 Å². The number of ether oxygens (including phenoxy) is 3. The standard InChI is InChI=1S/C16H27NO3/c1-16(2,19-5)10-11-20-15(12-17-3)13-8-6-7-9-14(13)18-4/h6-9,15,17H,10-12H2,1-5H3. The van der Waals surface area contributed by atoms with E-state index in [0.29, 0.717) is 6.61 Å². The number of likely N-dealkylation sites (N-methyl/N-ethyl adjacent to an activating group) is 1. The van der Waals surface area contributed by atoms with Crippen LogP contribution >= 0.6 is 0 Å². The predicted octanol–water partition coefficient (Wildman–Crippen LogP) is 2.79. The van der Waals surface area contributed by atoms with E-state index in [1.165, 1.54) is 0 Å². The minimum atomic E-state index is -0.162. The fraction of sp³-hybridized carbons (Fsp3) is 0.625. The maximum absolute atomic E-state index is 6.03. The molecule has 0 bridgehead atoms. The van der Waals surface area contributed by atoms with E-state index in [-0.39, 0.29) is 11.7 Å². The van der Waals surface area contributed by atoms with Crippen LogP contribution in [0.4, 0.5) is 0 Å². The summed E-state index contributed by atoms with van der Waals surface area (Å²) < 4.78 is 16.8. The van der Waals surface area contributed by atoms with E-state index in [4.69, 9.17) is 14.2 Å². The number of hydrogen-bond acceptors (Lipinski definition) is 4. The van der Waals surface area contributed by atoms with Crippen LogP contribution in [-0.4, -0.2) is 40.0 Å². The van der Waals surface area contributed by atoms with Crippen LogP contribution in [0.25, 0.3) is 0 Å². The van der Waals surface area contributed by atoms with E-state index in [1.54, 1.807) is 14.2 Å². The highest BCUT2D eigenvalue weighted by Gasteiger charge is 2.19. The first-order valence-electron chi connectivity index (χ1n) is 6.98. The van der Waals surface area contributed by atoms with Crippen LogP contribution in [0.15, 0.2) is 24.3 Å². The summed E-state index contributed by atoms with van der Waals surface area (Å²) in [6, 6.07) is 7.97. The second-order valence-electron chi connectivity index (χ2n) is 5.37. The Morgan fingerprint density at radius 3 is 2.50 bits per heavy atom. The van der Waals surface area contributed by atoms with E-state index < -0.39 is 0 Å². The van der Waals surface area contributed by atoms with Crippen LogP contribution in [0, 0.1) is 0 Å². The fourth-order valence-corrected chi connectivity index (χ4v) is 1.93. The van der Waals surface area contributed by atoms with Crippen molar-refractivity contribution in [2.45, 2.75) is 32.0 Å². The Labute approximate surface area is 122 Å². The van der Waals surface area contributed by atoms with Crippen molar-refractivity contribution in [1.82, 2.24) is 5.32 Å². The van der Waals surface area contributed by atoms with Gasteiger partial charge in [0.25, 0.3) is 0 Å². The summed E-state index contributed by atoms with van der Waals surface area (Å²) in [5.74, 6) is 0.860. The van der Waals surface area contributed by atoms with Crippen molar-refractivity contribution < 1.29 is 14.2 Å². The number of para-hydroxylation sites is 1. The smallest absolute Gasteiger partial charge is 0.124 e. The molecule has 20 heavy (non-hydrogen) atoms. The van der Waals surface area contributed by atoms with Gasteiger partial charge >= 0.3 is 0 Å². The van der Waals surface area contributed by atoms with Gasteiger partial charge in [-0.3, -0.25) is 0 Å². The molecule has 0 fully saturated rings. The second-order valence-corrected chi connectivity index (χ2v) is 5.37. The maximum atomic E-state index is 6.03.